The fourth-order valence-corrected chi connectivity index (χ4v) is 12.8. The van der Waals surface area contributed by atoms with Gasteiger partial charge in [-0.25, -0.2) is 4.79 Å². The quantitative estimate of drug-likeness (QED) is 0.0365. The second kappa shape index (κ2) is 26.5. The van der Waals surface area contributed by atoms with Gasteiger partial charge in [0.15, 0.2) is 35.5 Å². The minimum absolute atomic E-state index is 0.0254. The third-order valence-corrected chi connectivity index (χ3v) is 18.8. The minimum Gasteiger partial charge on any atom is -0.492 e. The van der Waals surface area contributed by atoms with Crippen molar-refractivity contribution in [2.75, 3.05) is 40.4 Å². The van der Waals surface area contributed by atoms with Gasteiger partial charge in [0.25, 0.3) is 0 Å². The highest BCUT2D eigenvalue weighted by Gasteiger charge is 2.50. The Morgan fingerprint density at radius 2 is 1.62 bits per heavy atom. The number of hydroxylamine groups is 1. The first kappa shape index (κ1) is 59.4. The summed E-state index contributed by atoms with van der Waals surface area (Å²) in [6.45, 7) is 6.50. The summed E-state index contributed by atoms with van der Waals surface area (Å²) in [5, 5.41) is 69.0. The van der Waals surface area contributed by atoms with Crippen LogP contribution in [0.15, 0.2) is 35.1 Å². The molecule has 0 spiro atoms. The number of ether oxygens (including phenoxy) is 9. The zero-order valence-electron chi connectivity index (χ0n) is 41.0. The number of allylic oxidation sites excluding steroid dienone is 3. The van der Waals surface area contributed by atoms with E-state index >= 15 is 0 Å². The standard InChI is InChI=1S/C47H59IN2O19S4/c1-20-29(38(60-5)41(62-7)39(31(20)48)68-45-37(56)40(61-6)34(53)22(3)66-45)43(57)72-42-23(4)64-28(18-25(42)51)69-50-32-21(2)65-44(36(55)35(32)54)67-27-14-12-10-11-13-16-47(59)19-26(52)33(49-46(58)63-8)30(27)24(47)15-17-71-73-70-9/h10-11,15,21-23,25,27-28,32,34-37,40,42,44-45,50-51,53-56,59H,17-19H2,1-9H3,(H,49,58)/b11-10+,24-15+/t21-,22+,23-,25+,27+,28+,32-,34+,35+,36-,37-,40-,42-,44+,45+,47+/m1/s1. The Morgan fingerprint density at radius 3 is 2.27 bits per heavy atom. The van der Waals surface area contributed by atoms with Gasteiger partial charge in [-0.2, -0.15) is 5.48 Å². The highest BCUT2D eigenvalue weighted by molar-refractivity contribution is 14.1. The lowest BCUT2D eigenvalue weighted by Crippen LogP contribution is -2.63. The molecule has 1 amide bonds. The van der Waals surface area contributed by atoms with Crippen molar-refractivity contribution < 1.29 is 92.5 Å². The molecule has 0 saturated carbocycles. The molecule has 3 aliphatic heterocycles. The van der Waals surface area contributed by atoms with Crippen molar-refractivity contribution in [3.63, 3.8) is 0 Å². The zero-order valence-corrected chi connectivity index (χ0v) is 46.4. The minimum atomic E-state index is -2.03. The maximum atomic E-state index is 14.2. The van der Waals surface area contributed by atoms with Crippen LogP contribution in [-0.4, -0.2) is 185 Å². The van der Waals surface area contributed by atoms with Crippen LogP contribution < -0.4 is 25.0 Å². The van der Waals surface area contributed by atoms with Crippen LogP contribution in [0.25, 0.3) is 0 Å². The molecule has 0 aromatic heterocycles. The molecule has 21 nitrogen and oxygen atoms in total. The number of carbonyl (C=O) groups is 3. The second-order valence-corrected chi connectivity index (χ2v) is 23.6. The van der Waals surface area contributed by atoms with Gasteiger partial charge in [0, 0.05) is 30.4 Å². The van der Waals surface area contributed by atoms with E-state index in [0.29, 0.717) is 14.9 Å². The fourth-order valence-electron chi connectivity index (χ4n) is 8.64. The number of alkyl carbamates (subject to hydrolysis) is 1. The van der Waals surface area contributed by atoms with Crippen molar-refractivity contribution in [3.05, 3.63) is 49.8 Å². The Kier molecular flexibility index (Phi) is 21.6. The van der Waals surface area contributed by atoms with Crippen LogP contribution in [0.5, 0.6) is 17.2 Å². The number of hydrogen-bond acceptors (Lipinski definition) is 24. The molecule has 3 fully saturated rings. The van der Waals surface area contributed by atoms with Crippen LogP contribution in [-0.2, 0) is 38.1 Å². The van der Waals surface area contributed by atoms with E-state index in [1.165, 1.54) is 64.9 Å². The summed E-state index contributed by atoms with van der Waals surface area (Å²) in [6, 6.07) is -1.12. The molecule has 0 unspecified atom stereocenters. The predicted octanol–water partition coefficient (Wildman–Crippen LogP) is 2.43. The number of amides is 1. The van der Waals surface area contributed by atoms with Gasteiger partial charge in [-0.05, 0) is 84.1 Å². The number of methoxy groups -OCH3 is 4. The molecule has 8 N–H and O–H groups in total. The Hall–Kier alpha value is -2.82. The van der Waals surface area contributed by atoms with Gasteiger partial charge >= 0.3 is 6.09 Å². The van der Waals surface area contributed by atoms with Crippen molar-refractivity contribution in [1.82, 2.24) is 10.8 Å². The Labute approximate surface area is 451 Å². The van der Waals surface area contributed by atoms with E-state index in [4.69, 9.17) is 47.5 Å². The van der Waals surface area contributed by atoms with Gasteiger partial charge in [0.1, 0.15) is 36.6 Å². The van der Waals surface area contributed by atoms with Crippen LogP contribution in [0.1, 0.15) is 49.5 Å². The van der Waals surface area contributed by atoms with Gasteiger partial charge in [0.2, 0.25) is 17.2 Å². The van der Waals surface area contributed by atoms with E-state index in [-0.39, 0.29) is 46.1 Å². The van der Waals surface area contributed by atoms with E-state index in [1.807, 2.05) is 28.8 Å². The number of aliphatic hydroxyl groups excluding tert-OH is 5. The monoisotopic (exact) mass is 1210 g/mol. The molecule has 6 rings (SSSR count). The molecular weight excluding hydrogens is 1150 g/mol. The molecule has 2 aliphatic carbocycles. The summed E-state index contributed by atoms with van der Waals surface area (Å²) in [4.78, 5) is 46.4. The van der Waals surface area contributed by atoms with Gasteiger partial charge in [-0.1, -0.05) is 63.1 Å². The second-order valence-electron chi connectivity index (χ2n) is 17.0. The van der Waals surface area contributed by atoms with E-state index in [9.17, 15) is 45.0 Å². The lowest BCUT2D eigenvalue weighted by molar-refractivity contribution is -0.301. The van der Waals surface area contributed by atoms with Gasteiger partial charge in [-0.3, -0.25) is 19.7 Å². The van der Waals surface area contributed by atoms with Crippen molar-refractivity contribution >= 4 is 82.8 Å². The van der Waals surface area contributed by atoms with Crippen LogP contribution in [0.4, 0.5) is 4.79 Å². The largest absolute Gasteiger partial charge is 0.492 e. The summed E-state index contributed by atoms with van der Waals surface area (Å²) < 4.78 is 52.4. The molecule has 3 heterocycles. The first-order valence-electron chi connectivity index (χ1n) is 22.6. The molecule has 402 valence electrons. The van der Waals surface area contributed by atoms with Crippen LogP contribution in [0.3, 0.4) is 0 Å². The maximum Gasteiger partial charge on any atom is 0.411 e. The summed E-state index contributed by atoms with van der Waals surface area (Å²) in [5.74, 6) is 10.9. The average molecular weight is 1210 g/mol. The molecule has 16 atom stereocenters. The van der Waals surface area contributed by atoms with Gasteiger partial charge in [0.05, 0.1) is 78.3 Å². The number of hydrogen-bond donors (Lipinski definition) is 8. The number of carbonyl (C=O) groups excluding carboxylic acids is 3. The lowest BCUT2D eigenvalue weighted by atomic mass is 9.75. The first-order valence-corrected chi connectivity index (χ1v) is 28.6. The highest BCUT2D eigenvalue weighted by Crippen LogP contribution is 2.49. The number of thioether (sulfide) groups is 1. The van der Waals surface area contributed by atoms with E-state index in [2.05, 4.69) is 34.5 Å². The highest BCUT2D eigenvalue weighted by atomic mass is 127. The molecular formula is C47H59IN2O19S4. The molecule has 3 saturated heterocycles. The third kappa shape index (κ3) is 13.3. The number of aliphatic hydroxyl groups is 6. The van der Waals surface area contributed by atoms with Gasteiger partial charge < -0.3 is 73.3 Å². The summed E-state index contributed by atoms with van der Waals surface area (Å²) in [6.07, 6.45) is -11.4. The average Bonchev–Trinajstić information content (AvgIpc) is 3.35. The van der Waals surface area contributed by atoms with E-state index < -0.39 is 120 Å². The molecule has 5 aliphatic rings. The molecule has 1 aromatic rings. The Balaban J connectivity index is 1.14. The maximum absolute atomic E-state index is 14.2. The summed E-state index contributed by atoms with van der Waals surface area (Å²) in [5.41, 5.74) is 1.06. The normalized spacial score (nSPS) is 35.2. The van der Waals surface area contributed by atoms with Crippen molar-refractivity contribution in [2.24, 2.45) is 0 Å². The smallest absolute Gasteiger partial charge is 0.411 e. The Morgan fingerprint density at radius 1 is 0.918 bits per heavy atom. The lowest BCUT2D eigenvalue weighted by Gasteiger charge is -2.44. The number of fused-ring (bicyclic) bond motifs is 2. The molecule has 0 radical (unpaired) electrons. The number of Topliss-reactive ketones (excluding diaryl/α,β-unsaturated/α-hetero) is 1. The fraction of sp³-hybridized carbons (Fsp3) is 0.596. The SMILES string of the molecule is COC(=O)NC1=C2/C(=C\CSSSC)[C@](O)(C#C/C=C/C#C[C@@H]2O[C@@H]2O[C@H](C)[C@@H](NO[C@H]3C[C@H](O)[C@H](SC(=O)c4c(C)c(I)c(O[C@@H]5O[C@@H](C)[C@H](O)[C@@H](OC)[C@H]5O)c(OC)c4OC)[C@@H](C)O3)[C@H](O)[C@H]2O)CC1=O. The topological polar surface area (TPSA) is 289 Å². The van der Waals surface area contributed by atoms with Crippen molar-refractivity contribution in [1.29, 1.82) is 0 Å². The first-order chi connectivity index (χ1) is 34.7. The number of halogens is 1. The van der Waals surface area contributed by atoms with Crippen LogP contribution in [0, 0.1) is 34.2 Å². The van der Waals surface area contributed by atoms with Gasteiger partial charge in [-0.15, -0.1) is 0 Å². The number of nitrogens with one attached hydrogen (secondary N) is 2. The molecule has 2 bridgehead atoms. The van der Waals surface area contributed by atoms with Crippen LogP contribution in [0.2, 0.25) is 0 Å². The van der Waals surface area contributed by atoms with E-state index in [1.54, 1.807) is 33.8 Å². The predicted molar refractivity (Wildman–Crippen MR) is 278 cm³/mol. The number of benzene rings is 1. The zero-order chi connectivity index (χ0) is 53.5. The molecule has 73 heavy (non-hydrogen) atoms. The summed E-state index contributed by atoms with van der Waals surface area (Å²) in [7, 11) is 9.60. The molecule has 1 aromatic carbocycles. The number of rotatable bonds is 17. The van der Waals surface area contributed by atoms with Crippen LogP contribution >= 0.6 is 65.8 Å². The van der Waals surface area contributed by atoms with Crippen molar-refractivity contribution in [3.8, 4) is 40.9 Å². The van der Waals surface area contributed by atoms with Crippen molar-refractivity contribution in [2.45, 2.75) is 137 Å². The molecule has 26 heteroatoms. The van der Waals surface area contributed by atoms with E-state index in [0.717, 1.165) is 18.9 Å². The summed E-state index contributed by atoms with van der Waals surface area (Å²) >= 11 is 2.80. The Bertz CT molecular complexity index is 2420. The third-order valence-electron chi connectivity index (χ3n) is 12.4. The number of ketones is 1.